The summed E-state index contributed by atoms with van der Waals surface area (Å²) in [6, 6.07) is 2.61. The molecule has 0 N–H and O–H groups in total. The molecule has 1 aromatic carbocycles. The topological polar surface area (TPSA) is 114 Å². The molecule has 0 unspecified atom stereocenters. The minimum Gasteiger partial charge on any atom is -0.744 e. The summed E-state index contributed by atoms with van der Waals surface area (Å²) >= 11 is 0. The molecule has 6 nitrogen and oxygen atoms in total. The van der Waals surface area contributed by atoms with E-state index in [0.717, 1.165) is 12.1 Å². The Hall–Kier alpha value is 0.0400. The molecule has 0 fully saturated rings. The van der Waals surface area contributed by atoms with Crippen LogP contribution < -0.4 is 29.6 Å². The van der Waals surface area contributed by atoms with Crippen LogP contribution in [0.4, 0.5) is 0 Å². The zero-order valence-corrected chi connectivity index (χ0v) is 12.1. The fourth-order valence-electron chi connectivity index (χ4n) is 1.01. The van der Waals surface area contributed by atoms with E-state index in [1.807, 2.05) is 0 Å². The quantitative estimate of drug-likeness (QED) is 0.414. The summed E-state index contributed by atoms with van der Waals surface area (Å²) < 4.78 is 63.8. The normalized spacial score (nSPS) is 11.9. The summed E-state index contributed by atoms with van der Waals surface area (Å²) in [5.74, 6) is 0. The van der Waals surface area contributed by atoms with Crippen molar-refractivity contribution in [2.45, 2.75) is 16.7 Å². The van der Waals surface area contributed by atoms with Crippen molar-refractivity contribution in [2.24, 2.45) is 0 Å². The number of hydrogen-bond donors (Lipinski definition) is 0. The molecule has 16 heavy (non-hydrogen) atoms. The van der Waals surface area contributed by atoms with Crippen molar-refractivity contribution in [1.29, 1.82) is 0 Å². The molecule has 0 saturated carbocycles. The van der Waals surface area contributed by atoms with Gasteiger partial charge in [-0.25, -0.2) is 16.8 Å². The van der Waals surface area contributed by atoms with E-state index >= 15 is 0 Å². The summed E-state index contributed by atoms with van der Waals surface area (Å²) in [5, 5.41) is 0. The molecular weight excluding hydrogens is 267 g/mol. The van der Waals surface area contributed by atoms with Gasteiger partial charge in [0, 0.05) is 0 Å². The van der Waals surface area contributed by atoms with Gasteiger partial charge in [-0.2, -0.15) is 0 Å². The van der Waals surface area contributed by atoms with Gasteiger partial charge >= 0.3 is 29.6 Å². The van der Waals surface area contributed by atoms with Crippen LogP contribution in [0.25, 0.3) is 0 Å². The van der Waals surface area contributed by atoms with Gasteiger partial charge in [0.25, 0.3) is 0 Å². The van der Waals surface area contributed by atoms with E-state index in [4.69, 9.17) is 0 Å². The second kappa shape index (κ2) is 5.13. The summed E-state index contributed by atoms with van der Waals surface area (Å²) in [4.78, 5) is -1.43. The average Bonchev–Trinajstić information content (AvgIpc) is 2.00. The Bertz CT molecular complexity index is 589. The van der Waals surface area contributed by atoms with E-state index in [1.165, 1.54) is 6.92 Å². The first-order valence-electron chi connectivity index (χ1n) is 3.65. The van der Waals surface area contributed by atoms with Gasteiger partial charge in [-0.1, -0.05) is 6.07 Å². The minimum absolute atomic E-state index is 0. The molecule has 0 saturated heterocycles. The minimum atomic E-state index is -4.77. The maximum atomic E-state index is 10.7. The predicted octanol–water partition coefficient (Wildman–Crippen LogP) is -3.19. The van der Waals surface area contributed by atoms with Crippen LogP contribution in [-0.4, -0.2) is 25.9 Å². The molecule has 0 aromatic heterocycles. The molecule has 0 atom stereocenters. The fourth-order valence-corrected chi connectivity index (χ4v) is 2.31. The second-order valence-electron chi connectivity index (χ2n) is 2.84. The maximum Gasteiger partial charge on any atom is 1.00 e. The predicted molar refractivity (Wildman–Crippen MR) is 47.1 cm³/mol. The van der Waals surface area contributed by atoms with E-state index < -0.39 is 30.0 Å². The van der Waals surface area contributed by atoms with E-state index in [2.05, 4.69) is 0 Å². The Morgan fingerprint density at radius 2 is 1.50 bits per heavy atom. The number of benzene rings is 1. The van der Waals surface area contributed by atoms with Gasteiger partial charge in [0.2, 0.25) is 0 Å². The monoisotopic (exact) mass is 273 g/mol. The third-order valence-corrected chi connectivity index (χ3v) is 3.53. The maximum absolute atomic E-state index is 10.7. The molecule has 0 bridgehead atoms. The third kappa shape index (κ3) is 3.81. The first kappa shape index (κ1) is 16.0. The van der Waals surface area contributed by atoms with Gasteiger partial charge in [-0.3, -0.25) is 0 Å². The molecule has 9 heteroatoms. The summed E-state index contributed by atoms with van der Waals surface area (Å²) in [6.45, 7) is 1.33. The number of hydrogen-bond acceptors (Lipinski definition) is 6. The average molecular weight is 273 g/mol. The standard InChI is InChI=1S/C7H8O6S2.Na/c1-5-2-3-6(14(8,9)10)4-7(5)15(11,12)13;/h2-4H,1H3,(H,8,9,10)(H,11,12,13);/q;+1/p-2. The summed E-state index contributed by atoms with van der Waals surface area (Å²) in [5.41, 5.74) is 0.0948. The molecule has 0 aliphatic rings. The van der Waals surface area contributed by atoms with Gasteiger partial charge in [0.1, 0.15) is 20.2 Å². The van der Waals surface area contributed by atoms with Gasteiger partial charge < -0.3 is 9.11 Å². The van der Waals surface area contributed by atoms with Gasteiger partial charge in [0.05, 0.1) is 9.79 Å². The molecule has 0 aliphatic heterocycles. The van der Waals surface area contributed by atoms with Gasteiger partial charge in [-0.05, 0) is 24.6 Å². The van der Waals surface area contributed by atoms with Crippen molar-refractivity contribution >= 4 is 20.2 Å². The molecule has 0 amide bonds. The Morgan fingerprint density at radius 1 is 1.00 bits per heavy atom. The van der Waals surface area contributed by atoms with Crippen LogP contribution in [0.2, 0.25) is 0 Å². The molecule has 0 heterocycles. The Kier molecular flexibility index (Phi) is 5.14. The molecule has 1 rings (SSSR count). The van der Waals surface area contributed by atoms with Gasteiger partial charge in [-0.15, -0.1) is 0 Å². The second-order valence-corrected chi connectivity index (χ2v) is 5.56. The number of rotatable bonds is 2. The van der Waals surface area contributed by atoms with Crippen molar-refractivity contribution in [2.75, 3.05) is 0 Å². The van der Waals surface area contributed by atoms with Crippen LogP contribution in [0.15, 0.2) is 28.0 Å². The van der Waals surface area contributed by atoms with Gasteiger partial charge in [0.15, 0.2) is 0 Å². The fraction of sp³-hybridized carbons (Fsp3) is 0.143. The van der Waals surface area contributed by atoms with Crippen LogP contribution >= 0.6 is 0 Å². The molecule has 1 aromatic rings. The van der Waals surface area contributed by atoms with Crippen molar-refractivity contribution in [3.05, 3.63) is 23.8 Å². The van der Waals surface area contributed by atoms with Crippen LogP contribution in [0.5, 0.6) is 0 Å². The van der Waals surface area contributed by atoms with E-state index in [9.17, 15) is 25.9 Å². The third-order valence-electron chi connectivity index (χ3n) is 1.72. The van der Waals surface area contributed by atoms with Crippen molar-refractivity contribution in [3.8, 4) is 0 Å². The van der Waals surface area contributed by atoms with Crippen molar-refractivity contribution in [1.82, 2.24) is 0 Å². The Balaban J connectivity index is 0.00000225. The first-order valence-corrected chi connectivity index (χ1v) is 6.46. The number of aryl methyl sites for hydroxylation is 1. The van der Waals surface area contributed by atoms with Crippen molar-refractivity contribution in [3.63, 3.8) is 0 Å². The zero-order valence-electron chi connectivity index (χ0n) is 8.50. The summed E-state index contributed by atoms with van der Waals surface area (Å²) in [7, 11) is -9.53. The first-order chi connectivity index (χ1) is 6.62. The molecule has 84 valence electrons. The van der Waals surface area contributed by atoms with Crippen LogP contribution in [0.1, 0.15) is 5.56 Å². The molecule has 0 aliphatic carbocycles. The Morgan fingerprint density at radius 3 is 1.88 bits per heavy atom. The van der Waals surface area contributed by atoms with Crippen LogP contribution in [-0.2, 0) is 20.2 Å². The zero-order chi connectivity index (χ0) is 11.9. The summed E-state index contributed by atoms with van der Waals surface area (Å²) in [6.07, 6.45) is 0. The van der Waals surface area contributed by atoms with Crippen LogP contribution in [0, 0.1) is 6.92 Å². The smallest absolute Gasteiger partial charge is 0.744 e. The van der Waals surface area contributed by atoms with Crippen LogP contribution in [0.3, 0.4) is 0 Å². The molecule has 0 radical (unpaired) electrons. The van der Waals surface area contributed by atoms with E-state index in [1.54, 1.807) is 0 Å². The van der Waals surface area contributed by atoms with Crippen molar-refractivity contribution < 1.29 is 55.5 Å². The largest absolute Gasteiger partial charge is 1.00 e. The van der Waals surface area contributed by atoms with E-state index in [0.29, 0.717) is 6.07 Å². The van der Waals surface area contributed by atoms with E-state index in [-0.39, 0.29) is 35.1 Å². The molecular formula is C7H6NaO6S2-. The SMILES string of the molecule is Cc1ccc(S(=O)(=O)[O-])cc1S(=O)(=O)[O-].[Na+]. The Labute approximate surface area is 115 Å². The molecule has 0 spiro atoms.